The van der Waals surface area contributed by atoms with Gasteiger partial charge < -0.3 is 5.32 Å². The lowest BCUT2D eigenvalue weighted by Gasteiger charge is -2.13. The van der Waals surface area contributed by atoms with Crippen LogP contribution in [0.1, 0.15) is 33.8 Å². The summed E-state index contributed by atoms with van der Waals surface area (Å²) in [6, 6.07) is 9.70. The Labute approximate surface area is 138 Å². The number of nitrogens with zero attached hydrogens (tertiary/aromatic N) is 1. The predicted molar refractivity (Wildman–Crippen MR) is 91.7 cm³/mol. The first-order chi connectivity index (χ1) is 10.6. The lowest BCUT2D eigenvalue weighted by molar-refractivity contribution is 0.0944. The van der Waals surface area contributed by atoms with Crippen molar-refractivity contribution in [2.24, 2.45) is 0 Å². The molecule has 0 saturated carbocycles. The quantitative estimate of drug-likeness (QED) is 0.753. The fraction of sp³-hybridized carbons (Fsp3) is 0.176. The molecule has 0 radical (unpaired) electrons. The van der Waals surface area contributed by atoms with Crippen molar-refractivity contribution in [2.45, 2.75) is 19.9 Å². The molecule has 0 aliphatic heterocycles. The van der Waals surface area contributed by atoms with Crippen LogP contribution in [0.5, 0.6) is 0 Å². The third kappa shape index (κ3) is 2.85. The number of hydrogen-bond acceptors (Lipinski definition) is 3. The average molecular weight is 331 g/mol. The molecule has 3 nitrogen and oxygen atoms in total. The number of rotatable bonds is 3. The van der Waals surface area contributed by atoms with Crippen molar-refractivity contribution in [3.05, 3.63) is 63.8 Å². The van der Waals surface area contributed by atoms with E-state index in [2.05, 4.69) is 16.4 Å². The number of aryl methyl sites for hydroxylation is 1. The first kappa shape index (κ1) is 15.0. The first-order valence-corrected chi connectivity index (χ1v) is 8.15. The van der Waals surface area contributed by atoms with Gasteiger partial charge in [0.2, 0.25) is 0 Å². The number of carbonyl (C=O) groups excluding carboxylic acids is 1. The van der Waals surface area contributed by atoms with Gasteiger partial charge in [0, 0.05) is 22.5 Å². The van der Waals surface area contributed by atoms with E-state index in [1.54, 1.807) is 12.4 Å². The van der Waals surface area contributed by atoms with Crippen LogP contribution in [0.4, 0.5) is 0 Å². The van der Waals surface area contributed by atoms with E-state index in [-0.39, 0.29) is 11.9 Å². The summed E-state index contributed by atoms with van der Waals surface area (Å²) in [6.07, 6.45) is 3.43. The molecule has 3 rings (SSSR count). The Bertz CT molecular complexity index is 829. The zero-order chi connectivity index (χ0) is 15.7. The van der Waals surface area contributed by atoms with Gasteiger partial charge in [0.25, 0.3) is 5.91 Å². The Morgan fingerprint density at radius 3 is 2.73 bits per heavy atom. The van der Waals surface area contributed by atoms with Crippen LogP contribution in [0.25, 0.3) is 10.1 Å². The summed E-state index contributed by atoms with van der Waals surface area (Å²) in [7, 11) is 0. The smallest absolute Gasteiger partial charge is 0.263 e. The summed E-state index contributed by atoms with van der Waals surface area (Å²) < 4.78 is 1.03. The van der Waals surface area contributed by atoms with Crippen LogP contribution >= 0.6 is 22.9 Å². The number of aromatic nitrogens is 1. The highest BCUT2D eigenvalue weighted by molar-refractivity contribution is 7.21. The third-order valence-electron chi connectivity index (χ3n) is 3.54. The van der Waals surface area contributed by atoms with Crippen LogP contribution in [-0.4, -0.2) is 10.9 Å². The molecule has 1 amide bonds. The van der Waals surface area contributed by atoms with Crippen molar-refractivity contribution >= 4 is 38.9 Å². The highest BCUT2D eigenvalue weighted by Gasteiger charge is 2.19. The zero-order valence-electron chi connectivity index (χ0n) is 12.3. The molecule has 112 valence electrons. The highest BCUT2D eigenvalue weighted by atomic mass is 35.5. The minimum Gasteiger partial charge on any atom is -0.345 e. The molecule has 0 aliphatic carbocycles. The summed E-state index contributed by atoms with van der Waals surface area (Å²) in [5.41, 5.74) is 2.17. The topological polar surface area (TPSA) is 42.0 Å². The molecule has 0 saturated heterocycles. The van der Waals surface area contributed by atoms with Crippen LogP contribution in [0.2, 0.25) is 5.02 Å². The van der Waals surface area contributed by atoms with Gasteiger partial charge >= 0.3 is 0 Å². The van der Waals surface area contributed by atoms with Crippen LogP contribution in [0, 0.1) is 6.92 Å². The summed E-state index contributed by atoms with van der Waals surface area (Å²) in [4.78, 5) is 17.0. The van der Waals surface area contributed by atoms with E-state index in [4.69, 9.17) is 11.6 Å². The van der Waals surface area contributed by atoms with E-state index in [1.165, 1.54) is 11.3 Å². The van der Waals surface area contributed by atoms with Crippen molar-refractivity contribution in [3.63, 3.8) is 0 Å². The van der Waals surface area contributed by atoms with Crippen molar-refractivity contribution in [1.82, 2.24) is 10.3 Å². The number of pyridine rings is 1. The van der Waals surface area contributed by atoms with Crippen LogP contribution in [0.15, 0.2) is 42.7 Å². The number of amides is 1. The fourth-order valence-electron chi connectivity index (χ4n) is 2.32. The summed E-state index contributed by atoms with van der Waals surface area (Å²) in [5.74, 6) is -0.145. The van der Waals surface area contributed by atoms with E-state index in [0.717, 1.165) is 21.2 Å². The maximum Gasteiger partial charge on any atom is 0.263 e. The molecule has 2 heterocycles. The number of halogens is 1. The van der Waals surface area contributed by atoms with Gasteiger partial charge in [-0.1, -0.05) is 23.7 Å². The van der Waals surface area contributed by atoms with Crippen molar-refractivity contribution in [3.8, 4) is 0 Å². The molecule has 1 atom stereocenters. The van der Waals surface area contributed by atoms with E-state index in [0.29, 0.717) is 9.90 Å². The Morgan fingerprint density at radius 2 is 2.00 bits per heavy atom. The molecule has 1 unspecified atom stereocenters. The second-order valence-electron chi connectivity index (χ2n) is 5.22. The maximum atomic E-state index is 12.5. The largest absolute Gasteiger partial charge is 0.345 e. The van der Waals surface area contributed by atoms with Gasteiger partial charge in [-0.3, -0.25) is 9.78 Å². The Hall–Kier alpha value is -1.91. The number of fused-ring (bicyclic) bond motifs is 1. The molecular formula is C17H15ClN2OS. The van der Waals surface area contributed by atoms with E-state index < -0.39 is 0 Å². The normalized spacial score (nSPS) is 12.3. The first-order valence-electron chi connectivity index (χ1n) is 6.95. The number of hydrogen-bond donors (Lipinski definition) is 1. The van der Waals surface area contributed by atoms with Crippen LogP contribution in [0.3, 0.4) is 0 Å². The molecular weight excluding hydrogens is 316 g/mol. The standard InChI is InChI=1S/C17H15ClN2OS/c1-10-3-4-13-14(9-10)22-16(15(13)18)17(21)20-11(2)12-5-7-19-8-6-12/h3-9,11H,1-2H3,(H,20,21). The lowest BCUT2D eigenvalue weighted by Crippen LogP contribution is -2.26. The van der Waals surface area contributed by atoms with Gasteiger partial charge in [-0.05, 0) is 43.2 Å². The average Bonchev–Trinajstić information content (AvgIpc) is 2.84. The second-order valence-corrected chi connectivity index (χ2v) is 6.65. The molecule has 0 spiro atoms. The van der Waals surface area contributed by atoms with Crippen molar-refractivity contribution < 1.29 is 4.79 Å². The Kier molecular flexibility index (Phi) is 4.14. The molecule has 22 heavy (non-hydrogen) atoms. The minimum atomic E-state index is -0.145. The molecule has 0 aliphatic rings. The van der Waals surface area contributed by atoms with Crippen molar-refractivity contribution in [1.29, 1.82) is 0 Å². The lowest BCUT2D eigenvalue weighted by atomic mass is 10.1. The Balaban J connectivity index is 1.88. The fourth-order valence-corrected chi connectivity index (χ4v) is 3.83. The monoisotopic (exact) mass is 330 g/mol. The van der Waals surface area contributed by atoms with Crippen molar-refractivity contribution in [2.75, 3.05) is 0 Å². The number of nitrogens with one attached hydrogen (secondary N) is 1. The predicted octanol–water partition coefficient (Wildman–Crippen LogP) is 4.75. The SMILES string of the molecule is Cc1ccc2c(Cl)c(C(=O)NC(C)c3ccncc3)sc2c1. The minimum absolute atomic E-state index is 0.0986. The molecule has 2 aromatic heterocycles. The van der Waals surface area contributed by atoms with Crippen LogP contribution in [-0.2, 0) is 0 Å². The van der Waals surface area contributed by atoms with E-state index in [9.17, 15) is 4.79 Å². The third-order valence-corrected chi connectivity index (χ3v) is 5.20. The summed E-state index contributed by atoms with van der Waals surface area (Å²) in [5, 5.41) is 4.44. The molecule has 0 bridgehead atoms. The Morgan fingerprint density at radius 1 is 1.27 bits per heavy atom. The second kappa shape index (κ2) is 6.07. The maximum absolute atomic E-state index is 12.5. The van der Waals surface area contributed by atoms with E-state index >= 15 is 0 Å². The van der Waals surface area contributed by atoms with Gasteiger partial charge in [-0.25, -0.2) is 0 Å². The van der Waals surface area contributed by atoms with Gasteiger partial charge in [-0.2, -0.15) is 0 Å². The highest BCUT2D eigenvalue weighted by Crippen LogP contribution is 2.36. The van der Waals surface area contributed by atoms with Gasteiger partial charge in [-0.15, -0.1) is 11.3 Å². The molecule has 0 fully saturated rings. The van der Waals surface area contributed by atoms with Gasteiger partial charge in [0.15, 0.2) is 0 Å². The zero-order valence-corrected chi connectivity index (χ0v) is 13.8. The van der Waals surface area contributed by atoms with Gasteiger partial charge in [0.05, 0.1) is 11.1 Å². The number of thiophene rings is 1. The number of carbonyl (C=O) groups is 1. The molecule has 1 N–H and O–H groups in total. The molecule has 1 aromatic carbocycles. The molecule has 3 aromatic rings. The summed E-state index contributed by atoms with van der Waals surface area (Å²) >= 11 is 7.80. The molecule has 5 heteroatoms. The van der Waals surface area contributed by atoms with Gasteiger partial charge in [0.1, 0.15) is 4.88 Å². The van der Waals surface area contributed by atoms with E-state index in [1.807, 2.05) is 38.1 Å². The van der Waals surface area contributed by atoms with Crippen LogP contribution < -0.4 is 5.32 Å². The number of benzene rings is 1. The summed E-state index contributed by atoms with van der Waals surface area (Å²) in [6.45, 7) is 3.97.